The van der Waals surface area contributed by atoms with Crippen molar-refractivity contribution in [3.63, 3.8) is 0 Å². The Morgan fingerprint density at radius 2 is 1.53 bits per heavy atom. The van der Waals surface area contributed by atoms with Crippen molar-refractivity contribution in [3.05, 3.63) is 81.8 Å². The van der Waals surface area contributed by atoms with E-state index >= 15 is 0 Å². The number of carbonyl (C=O) groups excluding carboxylic acids is 2. The molecule has 12 heteroatoms. The van der Waals surface area contributed by atoms with E-state index in [0.29, 0.717) is 16.3 Å². The smallest absolute Gasteiger partial charge is 0.264 e. The second-order valence-corrected chi connectivity index (χ2v) is 13.7. The van der Waals surface area contributed by atoms with Gasteiger partial charge in [-0.1, -0.05) is 47.0 Å². The quantitative estimate of drug-likeness (QED) is 0.280. The zero-order valence-electron chi connectivity index (χ0n) is 25.3. The number of carbonyl (C=O) groups is 2. The van der Waals surface area contributed by atoms with E-state index in [2.05, 4.69) is 5.32 Å². The van der Waals surface area contributed by atoms with Crippen molar-refractivity contribution in [2.75, 3.05) is 25.1 Å². The molecule has 43 heavy (non-hydrogen) atoms. The summed E-state index contributed by atoms with van der Waals surface area (Å²) >= 11 is 12.3. The van der Waals surface area contributed by atoms with Gasteiger partial charge in [0.05, 0.1) is 34.8 Å². The molecule has 0 radical (unpaired) electrons. The van der Waals surface area contributed by atoms with Gasteiger partial charge in [-0.05, 0) is 76.6 Å². The Morgan fingerprint density at radius 1 is 0.907 bits per heavy atom. The largest absolute Gasteiger partial charge is 0.493 e. The normalized spacial score (nSPS) is 12.3. The molecule has 3 aromatic carbocycles. The van der Waals surface area contributed by atoms with E-state index in [1.54, 1.807) is 43.3 Å². The monoisotopic (exact) mass is 649 g/mol. The third-order valence-corrected chi connectivity index (χ3v) is 9.07. The number of benzene rings is 3. The summed E-state index contributed by atoms with van der Waals surface area (Å²) in [6.07, 6.45) is 0. The molecule has 0 bridgehead atoms. The predicted molar refractivity (Wildman–Crippen MR) is 170 cm³/mol. The highest BCUT2D eigenvalue weighted by Gasteiger charge is 2.34. The van der Waals surface area contributed by atoms with Gasteiger partial charge < -0.3 is 19.7 Å². The molecule has 0 aliphatic heterocycles. The molecule has 2 amide bonds. The lowest BCUT2D eigenvalue weighted by molar-refractivity contribution is -0.140. The molecule has 0 fully saturated rings. The predicted octanol–water partition coefficient (Wildman–Crippen LogP) is 5.85. The fourth-order valence-corrected chi connectivity index (χ4v) is 5.96. The molecular weight excluding hydrogens is 613 g/mol. The molecule has 1 atom stereocenters. The van der Waals surface area contributed by atoms with Gasteiger partial charge in [-0.25, -0.2) is 8.42 Å². The first kappa shape index (κ1) is 34.0. The Bertz CT molecular complexity index is 1570. The number of ether oxygens (including phenoxy) is 2. The number of hydrogen-bond donors (Lipinski definition) is 1. The highest BCUT2D eigenvalue weighted by Crippen LogP contribution is 2.34. The van der Waals surface area contributed by atoms with E-state index in [-0.39, 0.29) is 27.9 Å². The lowest BCUT2D eigenvalue weighted by Gasteiger charge is -2.33. The van der Waals surface area contributed by atoms with Gasteiger partial charge >= 0.3 is 0 Å². The van der Waals surface area contributed by atoms with Crippen LogP contribution in [0.15, 0.2) is 65.6 Å². The molecule has 0 aliphatic rings. The van der Waals surface area contributed by atoms with Gasteiger partial charge in [0.25, 0.3) is 10.0 Å². The van der Waals surface area contributed by atoms with Gasteiger partial charge in [0.1, 0.15) is 12.6 Å². The first-order valence-electron chi connectivity index (χ1n) is 13.4. The summed E-state index contributed by atoms with van der Waals surface area (Å²) in [4.78, 5) is 28.7. The number of nitrogens with zero attached hydrogens (tertiary/aromatic N) is 2. The van der Waals surface area contributed by atoms with Crippen LogP contribution in [0.5, 0.6) is 11.5 Å². The maximum atomic E-state index is 14.1. The number of hydrogen-bond acceptors (Lipinski definition) is 6. The fourth-order valence-electron chi connectivity index (χ4n) is 4.24. The van der Waals surface area contributed by atoms with Gasteiger partial charge in [0.2, 0.25) is 11.8 Å². The number of halogens is 2. The molecule has 3 rings (SSSR count). The van der Waals surface area contributed by atoms with Crippen LogP contribution in [0.2, 0.25) is 10.0 Å². The highest BCUT2D eigenvalue weighted by molar-refractivity contribution is 7.92. The van der Waals surface area contributed by atoms with Crippen LogP contribution >= 0.6 is 23.2 Å². The van der Waals surface area contributed by atoms with Crippen LogP contribution in [0.1, 0.15) is 38.8 Å². The Kier molecular flexibility index (Phi) is 11.0. The minimum atomic E-state index is -4.25. The average Bonchev–Trinajstić information content (AvgIpc) is 2.94. The first-order valence-corrected chi connectivity index (χ1v) is 15.6. The Morgan fingerprint density at radius 3 is 2.09 bits per heavy atom. The molecule has 0 aromatic heterocycles. The number of methoxy groups -OCH3 is 2. The fraction of sp³-hybridized carbons (Fsp3) is 0.355. The number of sulfonamides is 1. The first-order chi connectivity index (χ1) is 20.1. The van der Waals surface area contributed by atoms with Crippen LogP contribution in [0.3, 0.4) is 0 Å². The zero-order valence-corrected chi connectivity index (χ0v) is 27.6. The molecule has 0 heterocycles. The third-order valence-electron chi connectivity index (χ3n) is 6.55. The van der Waals surface area contributed by atoms with E-state index in [0.717, 1.165) is 9.87 Å². The molecule has 0 aliphatic carbocycles. The van der Waals surface area contributed by atoms with Crippen LogP contribution in [0, 0.1) is 6.92 Å². The molecule has 1 N–H and O–H groups in total. The molecule has 232 valence electrons. The summed E-state index contributed by atoms with van der Waals surface area (Å²) in [5, 5.41) is 3.52. The zero-order chi connectivity index (χ0) is 32.1. The van der Waals surface area contributed by atoms with Crippen LogP contribution in [0.25, 0.3) is 0 Å². The summed E-state index contributed by atoms with van der Waals surface area (Å²) in [7, 11) is -1.36. The minimum absolute atomic E-state index is 0.00441. The van der Waals surface area contributed by atoms with Crippen molar-refractivity contribution in [2.24, 2.45) is 0 Å². The summed E-state index contributed by atoms with van der Waals surface area (Å²) in [6.45, 7) is 8.28. The lowest BCUT2D eigenvalue weighted by atomic mass is 10.1. The van der Waals surface area contributed by atoms with E-state index in [9.17, 15) is 18.0 Å². The molecule has 0 saturated heterocycles. The van der Waals surface area contributed by atoms with E-state index in [4.69, 9.17) is 32.7 Å². The van der Waals surface area contributed by atoms with Crippen molar-refractivity contribution in [3.8, 4) is 11.5 Å². The van der Waals surface area contributed by atoms with Crippen LogP contribution in [-0.4, -0.2) is 57.5 Å². The molecule has 3 aromatic rings. The van der Waals surface area contributed by atoms with Crippen LogP contribution < -0.4 is 19.1 Å². The van der Waals surface area contributed by atoms with Crippen molar-refractivity contribution in [1.82, 2.24) is 10.2 Å². The second kappa shape index (κ2) is 13.9. The number of rotatable bonds is 11. The maximum absolute atomic E-state index is 14.1. The summed E-state index contributed by atoms with van der Waals surface area (Å²) in [6, 6.07) is 14.8. The second-order valence-electron chi connectivity index (χ2n) is 11.0. The number of anilines is 1. The summed E-state index contributed by atoms with van der Waals surface area (Å²) < 4.78 is 39.9. The topological polar surface area (TPSA) is 105 Å². The van der Waals surface area contributed by atoms with Crippen molar-refractivity contribution >= 4 is 50.7 Å². The van der Waals surface area contributed by atoms with E-state index in [1.807, 2.05) is 27.7 Å². The van der Waals surface area contributed by atoms with Crippen molar-refractivity contribution < 1.29 is 27.5 Å². The van der Waals surface area contributed by atoms with Gasteiger partial charge in [0, 0.05) is 18.2 Å². The summed E-state index contributed by atoms with van der Waals surface area (Å²) in [5.41, 5.74) is 1.09. The Hall–Kier alpha value is -3.47. The van der Waals surface area contributed by atoms with Gasteiger partial charge in [-0.15, -0.1) is 0 Å². The third kappa shape index (κ3) is 8.55. The minimum Gasteiger partial charge on any atom is -0.493 e. The average molecular weight is 651 g/mol. The molecule has 0 unspecified atom stereocenters. The summed E-state index contributed by atoms with van der Waals surface area (Å²) in [5.74, 6) is -0.353. The SMILES string of the molecule is COc1ccc(N(CC(=O)N(Cc2ccc(Cl)c(Cl)c2)[C@H](C)C(=O)NC(C)(C)C)S(=O)(=O)c2ccc(C)cc2)cc1OC. The van der Waals surface area contributed by atoms with Gasteiger partial charge in [-0.2, -0.15) is 0 Å². The Labute approximate surface area is 263 Å². The number of amides is 2. The standard InChI is InChI=1S/C31H37Cl2N3O6S/c1-20-8-12-24(13-9-20)43(39,40)36(23-11-15-27(41-6)28(17-23)42-7)19-29(37)35(21(2)30(38)34-31(3,4)5)18-22-10-14-25(32)26(33)16-22/h8-17,21H,18-19H2,1-7H3,(H,34,38)/t21-/m1/s1. The number of nitrogens with one attached hydrogen (secondary N) is 1. The van der Waals surface area contributed by atoms with E-state index < -0.39 is 40.0 Å². The Balaban J connectivity index is 2.11. The molecule has 9 nitrogen and oxygen atoms in total. The molecule has 0 spiro atoms. The van der Waals surface area contributed by atoms with Crippen LogP contribution in [0.4, 0.5) is 5.69 Å². The van der Waals surface area contributed by atoms with Crippen molar-refractivity contribution in [2.45, 2.75) is 57.6 Å². The maximum Gasteiger partial charge on any atom is 0.264 e. The molecule has 0 saturated carbocycles. The lowest BCUT2D eigenvalue weighted by Crippen LogP contribution is -2.54. The van der Waals surface area contributed by atoms with Crippen molar-refractivity contribution in [1.29, 1.82) is 0 Å². The number of aryl methyl sites for hydroxylation is 1. The van der Waals surface area contributed by atoms with Gasteiger partial charge in [0.15, 0.2) is 11.5 Å². The van der Waals surface area contributed by atoms with Gasteiger partial charge in [-0.3, -0.25) is 13.9 Å². The molecular formula is C31H37Cl2N3O6S. The van der Waals surface area contributed by atoms with E-state index in [1.165, 1.54) is 43.4 Å². The van der Waals surface area contributed by atoms with Crippen LogP contribution in [-0.2, 0) is 26.2 Å². The highest BCUT2D eigenvalue weighted by atomic mass is 35.5.